The van der Waals surface area contributed by atoms with Gasteiger partial charge in [0.2, 0.25) is 0 Å². The number of hydrogen-bond acceptors (Lipinski definition) is 1. The maximum absolute atomic E-state index is 5.43. The van der Waals surface area contributed by atoms with Gasteiger partial charge in [-0.25, -0.2) is 0 Å². The quantitative estimate of drug-likeness (QED) is 0.607. The predicted octanol–water partition coefficient (Wildman–Crippen LogP) is 3.09. The highest BCUT2D eigenvalue weighted by Gasteiger charge is 2.13. The van der Waals surface area contributed by atoms with Crippen LogP contribution in [0.15, 0.2) is 0 Å². The third-order valence-electron chi connectivity index (χ3n) is 3.04. The average molecular weight is 169 g/mol. The second kappa shape index (κ2) is 6.47. The van der Waals surface area contributed by atoms with Gasteiger partial charge in [0, 0.05) is 0 Å². The van der Waals surface area contributed by atoms with Gasteiger partial charge in [0.1, 0.15) is 0 Å². The molecule has 0 amide bonds. The Morgan fingerprint density at radius 2 is 1.58 bits per heavy atom. The molecule has 72 valence electrons. The normalized spacial score (nSPS) is 18.8. The first kappa shape index (κ1) is 10.0. The van der Waals surface area contributed by atoms with Crippen LogP contribution >= 0.6 is 0 Å². The molecule has 1 aliphatic carbocycles. The first-order valence-corrected chi connectivity index (χ1v) is 5.63. The van der Waals surface area contributed by atoms with Crippen LogP contribution in [0.2, 0.25) is 0 Å². The molecule has 0 atom stereocenters. The van der Waals surface area contributed by atoms with Gasteiger partial charge in [0.25, 0.3) is 0 Å². The topological polar surface area (TPSA) is 26.0 Å². The van der Waals surface area contributed by atoms with Crippen molar-refractivity contribution < 1.29 is 0 Å². The zero-order valence-electron chi connectivity index (χ0n) is 8.23. The zero-order valence-corrected chi connectivity index (χ0v) is 8.23. The lowest BCUT2D eigenvalue weighted by Crippen LogP contribution is -1.98. The SMILES string of the molecule is NCCCCCCC1CCCC1. The van der Waals surface area contributed by atoms with E-state index >= 15 is 0 Å². The van der Waals surface area contributed by atoms with Crippen molar-refractivity contribution >= 4 is 0 Å². The fourth-order valence-corrected chi connectivity index (χ4v) is 2.23. The molecule has 0 aromatic heterocycles. The summed E-state index contributed by atoms with van der Waals surface area (Å²) in [5, 5.41) is 0. The van der Waals surface area contributed by atoms with Gasteiger partial charge in [-0.2, -0.15) is 0 Å². The minimum Gasteiger partial charge on any atom is -0.330 e. The smallest absolute Gasteiger partial charge is 0.00773 e. The number of hydrogen-bond donors (Lipinski definition) is 1. The van der Waals surface area contributed by atoms with Crippen LogP contribution in [0.3, 0.4) is 0 Å². The molecule has 0 aromatic carbocycles. The first-order chi connectivity index (χ1) is 5.93. The highest BCUT2D eigenvalue weighted by Crippen LogP contribution is 2.29. The van der Waals surface area contributed by atoms with Crippen molar-refractivity contribution in [2.45, 2.75) is 57.8 Å². The van der Waals surface area contributed by atoms with E-state index in [1.54, 1.807) is 0 Å². The lowest BCUT2D eigenvalue weighted by Gasteiger charge is -2.07. The van der Waals surface area contributed by atoms with E-state index in [4.69, 9.17) is 5.73 Å². The highest BCUT2D eigenvalue weighted by molar-refractivity contribution is 4.66. The molecular weight excluding hydrogens is 146 g/mol. The van der Waals surface area contributed by atoms with Gasteiger partial charge in [-0.05, 0) is 18.9 Å². The molecular formula is C11H23N. The first-order valence-electron chi connectivity index (χ1n) is 5.63. The van der Waals surface area contributed by atoms with E-state index in [2.05, 4.69) is 0 Å². The summed E-state index contributed by atoms with van der Waals surface area (Å²) in [5.74, 6) is 1.09. The van der Waals surface area contributed by atoms with Crippen LogP contribution in [0.25, 0.3) is 0 Å². The molecule has 1 fully saturated rings. The van der Waals surface area contributed by atoms with E-state index in [-0.39, 0.29) is 0 Å². The predicted molar refractivity (Wildman–Crippen MR) is 54.1 cm³/mol. The van der Waals surface area contributed by atoms with Gasteiger partial charge in [-0.15, -0.1) is 0 Å². The number of unbranched alkanes of at least 4 members (excludes halogenated alkanes) is 3. The van der Waals surface area contributed by atoms with Crippen LogP contribution in [-0.2, 0) is 0 Å². The molecule has 1 saturated carbocycles. The maximum Gasteiger partial charge on any atom is -0.00773 e. The van der Waals surface area contributed by atoms with Crippen LogP contribution in [0.5, 0.6) is 0 Å². The minimum atomic E-state index is 0.878. The maximum atomic E-state index is 5.43. The molecule has 0 bridgehead atoms. The van der Waals surface area contributed by atoms with Crippen LogP contribution < -0.4 is 5.73 Å². The van der Waals surface area contributed by atoms with E-state index in [1.807, 2.05) is 0 Å². The van der Waals surface area contributed by atoms with Crippen molar-refractivity contribution in [2.24, 2.45) is 11.7 Å². The molecule has 0 aliphatic heterocycles. The third kappa shape index (κ3) is 4.10. The zero-order chi connectivity index (χ0) is 8.65. The van der Waals surface area contributed by atoms with Crippen molar-refractivity contribution in [3.63, 3.8) is 0 Å². The summed E-state index contributed by atoms with van der Waals surface area (Å²) in [6.07, 6.45) is 12.9. The summed E-state index contributed by atoms with van der Waals surface area (Å²) >= 11 is 0. The molecule has 1 rings (SSSR count). The van der Waals surface area contributed by atoms with Crippen molar-refractivity contribution in [3.8, 4) is 0 Å². The Labute approximate surface area is 76.7 Å². The highest BCUT2D eigenvalue weighted by atomic mass is 14.5. The lowest BCUT2D eigenvalue weighted by molar-refractivity contribution is 0.465. The molecule has 1 nitrogen and oxygen atoms in total. The second-order valence-corrected chi connectivity index (χ2v) is 4.14. The van der Waals surface area contributed by atoms with Crippen molar-refractivity contribution in [1.29, 1.82) is 0 Å². The van der Waals surface area contributed by atoms with Crippen molar-refractivity contribution in [1.82, 2.24) is 0 Å². The molecule has 1 heteroatoms. The van der Waals surface area contributed by atoms with E-state index < -0.39 is 0 Å². The fraction of sp³-hybridized carbons (Fsp3) is 1.00. The largest absolute Gasteiger partial charge is 0.330 e. The molecule has 1 aliphatic rings. The second-order valence-electron chi connectivity index (χ2n) is 4.14. The molecule has 12 heavy (non-hydrogen) atoms. The van der Waals surface area contributed by atoms with E-state index in [1.165, 1.54) is 57.8 Å². The van der Waals surface area contributed by atoms with Crippen LogP contribution in [0, 0.1) is 5.92 Å². The van der Waals surface area contributed by atoms with E-state index in [0.29, 0.717) is 0 Å². The standard InChI is InChI=1S/C11H23N/c12-10-6-2-1-3-7-11-8-4-5-9-11/h11H,1-10,12H2. The summed E-state index contributed by atoms with van der Waals surface area (Å²) in [6.45, 7) is 0.878. The fourth-order valence-electron chi connectivity index (χ4n) is 2.23. The summed E-state index contributed by atoms with van der Waals surface area (Å²) in [4.78, 5) is 0. The van der Waals surface area contributed by atoms with Gasteiger partial charge in [0.15, 0.2) is 0 Å². The van der Waals surface area contributed by atoms with Gasteiger partial charge in [-0.1, -0.05) is 51.4 Å². The molecule has 0 saturated heterocycles. The molecule has 2 N–H and O–H groups in total. The Balaban J connectivity index is 1.81. The lowest BCUT2D eigenvalue weighted by atomic mass is 9.99. The Kier molecular flexibility index (Phi) is 5.42. The number of nitrogens with two attached hydrogens (primary N) is 1. The molecule has 0 unspecified atom stereocenters. The Bertz CT molecular complexity index is 95.2. The van der Waals surface area contributed by atoms with Crippen LogP contribution in [-0.4, -0.2) is 6.54 Å². The van der Waals surface area contributed by atoms with Gasteiger partial charge < -0.3 is 5.73 Å². The Hall–Kier alpha value is -0.0400. The van der Waals surface area contributed by atoms with Gasteiger partial charge >= 0.3 is 0 Å². The van der Waals surface area contributed by atoms with Gasteiger partial charge in [-0.3, -0.25) is 0 Å². The molecule has 0 radical (unpaired) electrons. The summed E-state index contributed by atoms with van der Waals surface area (Å²) in [5.41, 5.74) is 5.43. The average Bonchev–Trinajstić information content (AvgIpc) is 2.57. The summed E-state index contributed by atoms with van der Waals surface area (Å²) in [6, 6.07) is 0. The monoisotopic (exact) mass is 169 g/mol. The van der Waals surface area contributed by atoms with Gasteiger partial charge in [0.05, 0.1) is 0 Å². The van der Waals surface area contributed by atoms with Crippen molar-refractivity contribution in [3.05, 3.63) is 0 Å². The third-order valence-corrected chi connectivity index (χ3v) is 3.04. The molecule has 0 spiro atoms. The van der Waals surface area contributed by atoms with Crippen LogP contribution in [0.1, 0.15) is 57.8 Å². The molecule has 0 heterocycles. The van der Waals surface area contributed by atoms with E-state index in [9.17, 15) is 0 Å². The molecule has 0 aromatic rings. The Morgan fingerprint density at radius 3 is 2.25 bits per heavy atom. The minimum absolute atomic E-state index is 0.878. The van der Waals surface area contributed by atoms with Crippen molar-refractivity contribution in [2.75, 3.05) is 6.54 Å². The van der Waals surface area contributed by atoms with Crippen LogP contribution in [0.4, 0.5) is 0 Å². The Morgan fingerprint density at radius 1 is 0.917 bits per heavy atom. The summed E-state index contributed by atoms with van der Waals surface area (Å²) in [7, 11) is 0. The number of rotatable bonds is 6. The van der Waals surface area contributed by atoms with E-state index in [0.717, 1.165) is 12.5 Å². The summed E-state index contributed by atoms with van der Waals surface area (Å²) < 4.78 is 0.